The average Bonchev–Trinajstić information content (AvgIpc) is 2.71. The van der Waals surface area contributed by atoms with Gasteiger partial charge in [-0.25, -0.2) is 4.98 Å². The standard InChI is InChI=1S/C9H14N2OS/c1-7-6-13-9(10-7)11-4-2-3-8(11)5-12/h6,8,12H,2-5H2,1H3/t8-/m1/s1. The van der Waals surface area contributed by atoms with Crippen molar-refractivity contribution in [3.63, 3.8) is 0 Å². The number of aryl methyl sites for hydroxylation is 1. The van der Waals surface area contributed by atoms with Crippen LogP contribution in [0.3, 0.4) is 0 Å². The summed E-state index contributed by atoms with van der Waals surface area (Å²) in [6, 6.07) is 0.297. The van der Waals surface area contributed by atoms with Crippen molar-refractivity contribution in [2.24, 2.45) is 0 Å². The molecule has 1 atom stereocenters. The minimum absolute atomic E-state index is 0.249. The second-order valence-electron chi connectivity index (χ2n) is 3.44. The Bertz CT molecular complexity index is 287. The first-order valence-electron chi connectivity index (χ1n) is 4.61. The lowest BCUT2D eigenvalue weighted by molar-refractivity contribution is 0.266. The minimum Gasteiger partial charge on any atom is -0.394 e. The van der Waals surface area contributed by atoms with Gasteiger partial charge < -0.3 is 10.0 Å². The second kappa shape index (κ2) is 3.64. The van der Waals surface area contributed by atoms with E-state index in [1.165, 1.54) is 6.42 Å². The quantitative estimate of drug-likeness (QED) is 0.780. The van der Waals surface area contributed by atoms with Gasteiger partial charge in [0.15, 0.2) is 5.13 Å². The van der Waals surface area contributed by atoms with E-state index >= 15 is 0 Å². The molecule has 1 aromatic heterocycles. The monoisotopic (exact) mass is 198 g/mol. The zero-order valence-electron chi connectivity index (χ0n) is 7.73. The van der Waals surface area contributed by atoms with Crippen molar-refractivity contribution in [3.8, 4) is 0 Å². The number of aliphatic hydroxyl groups is 1. The maximum absolute atomic E-state index is 9.14. The highest BCUT2D eigenvalue weighted by atomic mass is 32.1. The number of anilines is 1. The molecule has 1 aliphatic rings. The Morgan fingerprint density at radius 3 is 3.23 bits per heavy atom. The van der Waals surface area contributed by atoms with Crippen molar-refractivity contribution in [2.45, 2.75) is 25.8 Å². The van der Waals surface area contributed by atoms with Crippen LogP contribution in [0.25, 0.3) is 0 Å². The van der Waals surface area contributed by atoms with Crippen LogP contribution in [0.2, 0.25) is 0 Å². The van der Waals surface area contributed by atoms with Gasteiger partial charge in [-0.3, -0.25) is 0 Å². The molecule has 0 amide bonds. The number of hydrogen-bond donors (Lipinski definition) is 1. The second-order valence-corrected chi connectivity index (χ2v) is 4.28. The molecule has 2 rings (SSSR count). The lowest BCUT2D eigenvalue weighted by atomic mass is 10.2. The van der Waals surface area contributed by atoms with Crippen molar-refractivity contribution in [3.05, 3.63) is 11.1 Å². The Morgan fingerprint density at radius 1 is 1.77 bits per heavy atom. The first kappa shape index (κ1) is 8.97. The van der Waals surface area contributed by atoms with E-state index in [9.17, 15) is 0 Å². The highest BCUT2D eigenvalue weighted by molar-refractivity contribution is 7.13. The lowest BCUT2D eigenvalue weighted by Crippen LogP contribution is -2.31. The normalized spacial score (nSPS) is 22.6. The van der Waals surface area contributed by atoms with Gasteiger partial charge in [-0.15, -0.1) is 11.3 Å². The Morgan fingerprint density at radius 2 is 2.62 bits per heavy atom. The van der Waals surface area contributed by atoms with Crippen LogP contribution in [0, 0.1) is 6.92 Å². The number of aromatic nitrogens is 1. The van der Waals surface area contributed by atoms with Crippen LogP contribution in [0.15, 0.2) is 5.38 Å². The molecule has 1 saturated heterocycles. The van der Waals surface area contributed by atoms with Gasteiger partial charge >= 0.3 is 0 Å². The van der Waals surface area contributed by atoms with Crippen LogP contribution in [-0.4, -0.2) is 29.3 Å². The molecule has 4 heteroatoms. The largest absolute Gasteiger partial charge is 0.394 e. The summed E-state index contributed by atoms with van der Waals surface area (Å²) in [4.78, 5) is 6.64. The average molecular weight is 198 g/mol. The third-order valence-electron chi connectivity index (χ3n) is 2.44. The van der Waals surface area contributed by atoms with Crippen molar-refractivity contribution < 1.29 is 5.11 Å². The van der Waals surface area contributed by atoms with Crippen LogP contribution in [0.5, 0.6) is 0 Å². The molecule has 72 valence electrons. The van der Waals surface area contributed by atoms with E-state index in [1.54, 1.807) is 11.3 Å². The van der Waals surface area contributed by atoms with Crippen molar-refractivity contribution >= 4 is 16.5 Å². The van der Waals surface area contributed by atoms with E-state index < -0.39 is 0 Å². The van der Waals surface area contributed by atoms with Crippen LogP contribution in [-0.2, 0) is 0 Å². The predicted molar refractivity (Wildman–Crippen MR) is 54.3 cm³/mol. The van der Waals surface area contributed by atoms with E-state index in [0.29, 0.717) is 6.04 Å². The Hall–Kier alpha value is -0.610. The number of aliphatic hydroxyl groups excluding tert-OH is 1. The fourth-order valence-electron chi connectivity index (χ4n) is 1.75. The summed E-state index contributed by atoms with van der Waals surface area (Å²) in [7, 11) is 0. The molecule has 2 heterocycles. The van der Waals surface area contributed by atoms with Crippen molar-refractivity contribution in [2.75, 3.05) is 18.1 Å². The third kappa shape index (κ3) is 1.69. The summed E-state index contributed by atoms with van der Waals surface area (Å²) >= 11 is 1.67. The maximum Gasteiger partial charge on any atom is 0.185 e. The zero-order valence-corrected chi connectivity index (χ0v) is 8.55. The van der Waals surface area contributed by atoms with Crippen molar-refractivity contribution in [1.29, 1.82) is 0 Å². The molecule has 1 aliphatic heterocycles. The van der Waals surface area contributed by atoms with Gasteiger partial charge in [0.25, 0.3) is 0 Å². The van der Waals surface area contributed by atoms with Gasteiger partial charge in [-0.2, -0.15) is 0 Å². The fraction of sp³-hybridized carbons (Fsp3) is 0.667. The topological polar surface area (TPSA) is 36.4 Å². The van der Waals surface area contributed by atoms with Crippen LogP contribution in [0.4, 0.5) is 5.13 Å². The molecular weight excluding hydrogens is 184 g/mol. The smallest absolute Gasteiger partial charge is 0.185 e. The summed E-state index contributed by atoms with van der Waals surface area (Å²) < 4.78 is 0. The molecule has 1 aromatic rings. The molecule has 0 spiro atoms. The highest BCUT2D eigenvalue weighted by Gasteiger charge is 2.25. The molecule has 1 N–H and O–H groups in total. The molecule has 0 radical (unpaired) electrons. The number of rotatable bonds is 2. The van der Waals surface area contributed by atoms with Crippen LogP contribution >= 0.6 is 11.3 Å². The zero-order chi connectivity index (χ0) is 9.26. The molecule has 13 heavy (non-hydrogen) atoms. The van der Waals surface area contributed by atoms with E-state index in [2.05, 4.69) is 15.3 Å². The summed E-state index contributed by atoms with van der Waals surface area (Å²) in [6.45, 7) is 3.29. The lowest BCUT2D eigenvalue weighted by Gasteiger charge is -2.21. The predicted octanol–water partition coefficient (Wildman–Crippen LogP) is 1.41. The molecule has 0 aromatic carbocycles. The Balaban J connectivity index is 2.15. The molecule has 0 aliphatic carbocycles. The molecule has 0 saturated carbocycles. The van der Waals surface area contributed by atoms with Gasteiger partial charge in [0.05, 0.1) is 18.3 Å². The van der Waals surface area contributed by atoms with E-state index in [1.807, 2.05) is 6.92 Å². The van der Waals surface area contributed by atoms with Crippen molar-refractivity contribution in [1.82, 2.24) is 4.98 Å². The van der Waals surface area contributed by atoms with Gasteiger partial charge in [0.1, 0.15) is 0 Å². The number of nitrogens with zero attached hydrogens (tertiary/aromatic N) is 2. The number of thiazole rings is 1. The summed E-state index contributed by atoms with van der Waals surface area (Å²) in [5.41, 5.74) is 1.07. The van der Waals surface area contributed by atoms with Gasteiger partial charge in [-0.1, -0.05) is 0 Å². The summed E-state index contributed by atoms with van der Waals surface area (Å²) in [5.74, 6) is 0. The number of hydrogen-bond acceptors (Lipinski definition) is 4. The highest BCUT2D eigenvalue weighted by Crippen LogP contribution is 2.27. The van der Waals surface area contributed by atoms with Gasteiger partial charge in [-0.05, 0) is 19.8 Å². The molecule has 1 fully saturated rings. The van der Waals surface area contributed by atoms with Gasteiger partial charge in [0, 0.05) is 11.9 Å². The van der Waals surface area contributed by atoms with E-state index in [-0.39, 0.29) is 6.61 Å². The SMILES string of the molecule is Cc1csc(N2CCC[C@@H]2CO)n1. The minimum atomic E-state index is 0.249. The molecule has 3 nitrogen and oxygen atoms in total. The van der Waals surface area contributed by atoms with Crippen LogP contribution < -0.4 is 4.90 Å². The first-order chi connectivity index (χ1) is 6.31. The molecule has 0 unspecified atom stereocenters. The summed E-state index contributed by atoms with van der Waals surface area (Å²) in [6.07, 6.45) is 2.26. The van der Waals surface area contributed by atoms with Gasteiger partial charge in [0.2, 0.25) is 0 Å². The molecular formula is C9H14N2OS. The molecule has 0 bridgehead atoms. The van der Waals surface area contributed by atoms with Crippen LogP contribution in [0.1, 0.15) is 18.5 Å². The fourth-order valence-corrected chi connectivity index (χ4v) is 2.65. The van der Waals surface area contributed by atoms with E-state index in [4.69, 9.17) is 5.11 Å². The van der Waals surface area contributed by atoms with E-state index in [0.717, 1.165) is 23.8 Å². The Kier molecular flexibility index (Phi) is 2.51. The third-order valence-corrected chi connectivity index (χ3v) is 3.44. The summed E-state index contributed by atoms with van der Waals surface area (Å²) in [5, 5.41) is 12.3. The first-order valence-corrected chi connectivity index (χ1v) is 5.49. The Labute approximate surface area is 82.0 Å². The maximum atomic E-state index is 9.14.